The molecule has 12 heteroatoms. The minimum Gasteiger partial charge on any atom is -0.312 e. The highest BCUT2D eigenvalue weighted by Crippen LogP contribution is 2.30. The van der Waals surface area contributed by atoms with Crippen LogP contribution in [0.1, 0.15) is 18.4 Å². The average molecular weight is 443 g/mol. The Kier molecular flexibility index (Phi) is 5.91. The second-order valence-corrected chi connectivity index (χ2v) is 9.01. The summed E-state index contributed by atoms with van der Waals surface area (Å²) in [6.07, 6.45) is 1.94. The quantitative estimate of drug-likeness (QED) is 0.411. The van der Waals surface area contributed by atoms with Crippen LogP contribution in [0.3, 0.4) is 0 Å². The van der Waals surface area contributed by atoms with Gasteiger partial charge in [0, 0.05) is 12.1 Å². The zero-order valence-electron chi connectivity index (χ0n) is 16.5. The number of anilines is 1. The topological polar surface area (TPSA) is 136 Å². The maximum atomic E-state index is 13.6. The van der Waals surface area contributed by atoms with Gasteiger partial charge in [-0.05, 0) is 41.4 Å². The molecule has 0 radical (unpaired) electrons. The van der Waals surface area contributed by atoms with E-state index < -0.39 is 25.5 Å². The summed E-state index contributed by atoms with van der Waals surface area (Å²) < 4.78 is 29.7. The first-order chi connectivity index (χ1) is 15.0. The van der Waals surface area contributed by atoms with Gasteiger partial charge in [-0.2, -0.15) is 0 Å². The van der Waals surface area contributed by atoms with Crippen LogP contribution < -0.4 is 9.62 Å². The summed E-state index contributed by atoms with van der Waals surface area (Å²) in [5, 5.41) is 26.5. The predicted molar refractivity (Wildman–Crippen MR) is 112 cm³/mol. The van der Waals surface area contributed by atoms with Crippen molar-refractivity contribution in [3.63, 3.8) is 0 Å². The second-order valence-electron chi connectivity index (χ2n) is 7.18. The minimum atomic E-state index is -4.35. The smallest absolute Gasteiger partial charge is 0.289 e. The first kappa shape index (κ1) is 20.9. The summed E-state index contributed by atoms with van der Waals surface area (Å²) in [6, 6.07) is 14.3. The van der Waals surface area contributed by atoms with Crippen LogP contribution in [0.5, 0.6) is 0 Å². The summed E-state index contributed by atoms with van der Waals surface area (Å²) in [5.41, 5.74) is 0.190. The Morgan fingerprint density at radius 1 is 1.16 bits per heavy atom. The van der Waals surface area contributed by atoms with Crippen molar-refractivity contribution in [2.24, 2.45) is 0 Å². The molecule has 2 aromatic carbocycles. The van der Waals surface area contributed by atoms with Crippen LogP contribution in [0.2, 0.25) is 0 Å². The van der Waals surface area contributed by atoms with Crippen LogP contribution in [0, 0.1) is 10.1 Å². The molecule has 1 aromatic heterocycles. The number of sulfonamides is 1. The third-order valence-electron chi connectivity index (χ3n) is 5.09. The van der Waals surface area contributed by atoms with Crippen molar-refractivity contribution in [3.8, 4) is 0 Å². The number of nitro groups is 1. The van der Waals surface area contributed by atoms with E-state index in [1.54, 1.807) is 24.3 Å². The first-order valence-electron chi connectivity index (χ1n) is 9.76. The van der Waals surface area contributed by atoms with E-state index in [2.05, 4.69) is 20.8 Å². The molecule has 4 rings (SSSR count). The van der Waals surface area contributed by atoms with Gasteiger partial charge >= 0.3 is 0 Å². The van der Waals surface area contributed by atoms with Gasteiger partial charge in [-0.15, -0.1) is 0 Å². The number of tetrazole rings is 1. The number of rotatable bonds is 8. The SMILES string of the molecule is O=[N+]([O-])c1ccccc1S(=O)(=O)N(Cc1ccccc1)c1nnnn1C[C@@H]1CCCN1. The van der Waals surface area contributed by atoms with E-state index in [0.29, 0.717) is 12.1 Å². The number of aromatic nitrogens is 4. The van der Waals surface area contributed by atoms with Crippen molar-refractivity contribution in [2.45, 2.75) is 36.9 Å². The second kappa shape index (κ2) is 8.78. The Morgan fingerprint density at radius 3 is 2.61 bits per heavy atom. The van der Waals surface area contributed by atoms with Crippen LogP contribution in [-0.4, -0.2) is 46.1 Å². The number of benzene rings is 2. The van der Waals surface area contributed by atoms with Gasteiger partial charge in [-0.3, -0.25) is 10.1 Å². The van der Waals surface area contributed by atoms with Gasteiger partial charge < -0.3 is 5.32 Å². The van der Waals surface area contributed by atoms with Gasteiger partial charge in [-0.25, -0.2) is 17.4 Å². The zero-order valence-corrected chi connectivity index (χ0v) is 17.4. The Hall–Kier alpha value is -3.38. The molecule has 0 unspecified atom stereocenters. The van der Waals surface area contributed by atoms with Crippen molar-refractivity contribution in [3.05, 3.63) is 70.3 Å². The van der Waals surface area contributed by atoms with E-state index in [9.17, 15) is 18.5 Å². The summed E-state index contributed by atoms with van der Waals surface area (Å²) in [7, 11) is -4.35. The molecule has 0 saturated carbocycles. The van der Waals surface area contributed by atoms with Gasteiger partial charge in [0.05, 0.1) is 18.0 Å². The lowest BCUT2D eigenvalue weighted by Gasteiger charge is -2.23. The number of nitro benzene ring substituents is 1. The van der Waals surface area contributed by atoms with E-state index in [-0.39, 0.29) is 18.5 Å². The maximum Gasteiger partial charge on any atom is 0.289 e. The molecule has 1 fully saturated rings. The number of para-hydroxylation sites is 1. The fourth-order valence-electron chi connectivity index (χ4n) is 3.58. The van der Waals surface area contributed by atoms with Gasteiger partial charge in [-0.1, -0.05) is 47.6 Å². The van der Waals surface area contributed by atoms with Crippen LogP contribution in [0.4, 0.5) is 11.6 Å². The molecule has 0 aliphatic carbocycles. The van der Waals surface area contributed by atoms with E-state index in [4.69, 9.17) is 0 Å². The number of hydrogen-bond donors (Lipinski definition) is 1. The van der Waals surface area contributed by atoms with Crippen LogP contribution in [-0.2, 0) is 23.1 Å². The highest BCUT2D eigenvalue weighted by molar-refractivity contribution is 7.93. The largest absolute Gasteiger partial charge is 0.312 e. The molecule has 0 bridgehead atoms. The summed E-state index contributed by atoms with van der Waals surface area (Å²) in [6.45, 7) is 1.19. The molecular weight excluding hydrogens is 422 g/mol. The molecule has 11 nitrogen and oxygen atoms in total. The van der Waals surface area contributed by atoms with Crippen molar-refractivity contribution in [1.82, 2.24) is 25.5 Å². The molecular formula is C19H21N7O4S. The minimum absolute atomic E-state index is 0.00991. The maximum absolute atomic E-state index is 13.6. The van der Waals surface area contributed by atoms with E-state index in [1.165, 1.54) is 28.9 Å². The lowest BCUT2D eigenvalue weighted by atomic mass is 10.2. The third kappa shape index (κ3) is 4.39. The standard InChI is InChI=1S/C19H21N7O4S/c27-26(28)17-10-4-5-11-18(17)31(29,30)25(13-15-7-2-1-3-8-15)19-21-22-23-24(19)14-16-9-6-12-20-16/h1-5,7-8,10-11,16,20H,6,9,12-14H2/t16-/m0/s1. The zero-order chi connectivity index (χ0) is 21.8. The van der Waals surface area contributed by atoms with Crippen LogP contribution in [0.25, 0.3) is 0 Å². The molecule has 1 N–H and O–H groups in total. The van der Waals surface area contributed by atoms with E-state index >= 15 is 0 Å². The van der Waals surface area contributed by atoms with Crippen LogP contribution >= 0.6 is 0 Å². The first-order valence-corrected chi connectivity index (χ1v) is 11.2. The molecule has 0 amide bonds. The van der Waals surface area contributed by atoms with Crippen molar-refractivity contribution >= 4 is 21.7 Å². The number of hydrogen-bond acceptors (Lipinski definition) is 8. The molecule has 1 saturated heterocycles. The molecule has 1 aliphatic rings. The highest BCUT2D eigenvalue weighted by atomic mass is 32.2. The summed E-state index contributed by atoms with van der Waals surface area (Å²) >= 11 is 0. The molecule has 31 heavy (non-hydrogen) atoms. The fraction of sp³-hybridized carbons (Fsp3) is 0.316. The Bertz CT molecular complexity index is 1160. The Labute approximate surface area is 178 Å². The van der Waals surface area contributed by atoms with E-state index in [0.717, 1.165) is 23.7 Å². The molecule has 3 aromatic rings. The highest BCUT2D eigenvalue weighted by Gasteiger charge is 2.35. The van der Waals surface area contributed by atoms with Crippen molar-refractivity contribution in [2.75, 3.05) is 10.8 Å². The molecule has 2 heterocycles. The third-order valence-corrected chi connectivity index (χ3v) is 6.86. The van der Waals surface area contributed by atoms with Crippen molar-refractivity contribution in [1.29, 1.82) is 0 Å². The molecule has 0 spiro atoms. The lowest BCUT2D eigenvalue weighted by molar-refractivity contribution is -0.387. The summed E-state index contributed by atoms with van der Waals surface area (Å²) in [5.74, 6) is 0.00991. The average Bonchev–Trinajstić information content (AvgIpc) is 3.45. The van der Waals surface area contributed by atoms with Gasteiger partial charge in [0.1, 0.15) is 0 Å². The summed E-state index contributed by atoms with van der Waals surface area (Å²) in [4.78, 5) is 10.4. The fourth-order valence-corrected chi connectivity index (χ4v) is 5.13. The van der Waals surface area contributed by atoms with Gasteiger partial charge in [0.2, 0.25) is 0 Å². The monoisotopic (exact) mass is 443 g/mol. The number of nitrogens with zero attached hydrogens (tertiary/aromatic N) is 6. The van der Waals surface area contributed by atoms with Gasteiger partial charge in [0.25, 0.3) is 21.7 Å². The molecule has 1 atom stereocenters. The number of nitrogens with one attached hydrogen (secondary N) is 1. The van der Waals surface area contributed by atoms with Crippen molar-refractivity contribution < 1.29 is 13.3 Å². The molecule has 162 valence electrons. The predicted octanol–water partition coefficient (Wildman–Crippen LogP) is 1.73. The Balaban J connectivity index is 1.79. The molecule has 1 aliphatic heterocycles. The van der Waals surface area contributed by atoms with E-state index in [1.807, 2.05) is 6.07 Å². The normalized spacial score (nSPS) is 16.3. The lowest BCUT2D eigenvalue weighted by Crippen LogP contribution is -2.35. The van der Waals surface area contributed by atoms with Gasteiger partial charge in [0.15, 0.2) is 4.90 Å². The van der Waals surface area contributed by atoms with Crippen LogP contribution in [0.15, 0.2) is 59.5 Å². The Morgan fingerprint density at radius 2 is 1.90 bits per heavy atom.